The van der Waals surface area contributed by atoms with Gasteiger partial charge in [-0.3, -0.25) is 5.84 Å². The van der Waals surface area contributed by atoms with Gasteiger partial charge in [0.05, 0.1) is 5.70 Å². The molecule has 16 heavy (non-hydrogen) atoms. The van der Waals surface area contributed by atoms with E-state index in [2.05, 4.69) is 49.4 Å². The molecule has 0 aliphatic rings. The molecule has 0 saturated carbocycles. The molecular weight excluding hydrogens is 198 g/mol. The highest BCUT2D eigenvalue weighted by Crippen LogP contribution is 2.22. The van der Waals surface area contributed by atoms with Crippen molar-refractivity contribution in [2.75, 3.05) is 11.9 Å². The fourth-order valence-electron chi connectivity index (χ4n) is 1.54. The molecule has 0 unspecified atom stereocenters. The van der Waals surface area contributed by atoms with E-state index in [0.717, 1.165) is 29.9 Å². The molecule has 3 heteroatoms. The Morgan fingerprint density at radius 2 is 2.19 bits per heavy atom. The maximum Gasteiger partial charge on any atom is 0.0506 e. The van der Waals surface area contributed by atoms with Crippen molar-refractivity contribution in [2.24, 2.45) is 5.84 Å². The number of unbranched alkanes of at least 4 members (excludes halogenated alkanes) is 1. The highest BCUT2D eigenvalue weighted by molar-refractivity contribution is 5.74. The second-order valence-corrected chi connectivity index (χ2v) is 3.95. The van der Waals surface area contributed by atoms with E-state index in [0.29, 0.717) is 0 Å². The average Bonchev–Trinajstić information content (AvgIpc) is 2.30. The van der Waals surface area contributed by atoms with Crippen LogP contribution in [0.15, 0.2) is 24.8 Å². The molecular formula is C13H21N3. The summed E-state index contributed by atoms with van der Waals surface area (Å²) in [6, 6.07) is 6.24. The van der Waals surface area contributed by atoms with Crippen molar-refractivity contribution in [3.8, 4) is 0 Å². The fourth-order valence-corrected chi connectivity index (χ4v) is 1.54. The van der Waals surface area contributed by atoms with Gasteiger partial charge < -0.3 is 10.7 Å². The van der Waals surface area contributed by atoms with Gasteiger partial charge in [0.25, 0.3) is 0 Å². The van der Waals surface area contributed by atoms with Crippen LogP contribution in [0.1, 0.15) is 30.9 Å². The predicted octanol–water partition coefficient (Wildman–Crippen LogP) is 2.64. The molecule has 88 valence electrons. The Hall–Kier alpha value is -1.48. The summed E-state index contributed by atoms with van der Waals surface area (Å²) in [5.41, 5.74) is 6.67. The van der Waals surface area contributed by atoms with E-state index < -0.39 is 0 Å². The lowest BCUT2D eigenvalue weighted by Gasteiger charge is -2.14. The summed E-state index contributed by atoms with van der Waals surface area (Å²) in [7, 11) is 0. The lowest BCUT2D eigenvalue weighted by molar-refractivity contribution is 0.833. The van der Waals surface area contributed by atoms with Crippen molar-refractivity contribution >= 4 is 11.4 Å². The van der Waals surface area contributed by atoms with Crippen LogP contribution in [0.25, 0.3) is 5.70 Å². The summed E-state index contributed by atoms with van der Waals surface area (Å²) >= 11 is 0. The molecule has 0 spiro atoms. The van der Waals surface area contributed by atoms with Crippen LogP contribution in [0.4, 0.5) is 5.69 Å². The molecule has 0 aliphatic heterocycles. The number of hydrogen-bond donors (Lipinski definition) is 3. The number of aryl methyl sites for hydroxylation is 1. The van der Waals surface area contributed by atoms with Crippen molar-refractivity contribution in [1.29, 1.82) is 0 Å². The van der Waals surface area contributed by atoms with Gasteiger partial charge >= 0.3 is 0 Å². The zero-order chi connectivity index (χ0) is 12.0. The molecule has 0 heterocycles. The minimum atomic E-state index is 0.739. The van der Waals surface area contributed by atoms with Crippen LogP contribution in [0.5, 0.6) is 0 Å². The van der Waals surface area contributed by atoms with E-state index in [-0.39, 0.29) is 0 Å². The molecule has 1 aromatic carbocycles. The Bertz CT molecular complexity index is 358. The normalized spacial score (nSPS) is 9.94. The maximum atomic E-state index is 5.40. The number of nitrogens with one attached hydrogen (secondary N) is 2. The summed E-state index contributed by atoms with van der Waals surface area (Å²) in [5, 5.41) is 3.40. The van der Waals surface area contributed by atoms with E-state index in [1.165, 1.54) is 12.0 Å². The lowest BCUT2D eigenvalue weighted by atomic mass is 10.1. The highest BCUT2D eigenvalue weighted by atomic mass is 15.2. The molecule has 0 fully saturated rings. The van der Waals surface area contributed by atoms with Crippen molar-refractivity contribution in [3.63, 3.8) is 0 Å². The number of anilines is 1. The first-order chi connectivity index (χ1) is 7.69. The van der Waals surface area contributed by atoms with Crippen molar-refractivity contribution in [2.45, 2.75) is 26.7 Å². The van der Waals surface area contributed by atoms with E-state index in [9.17, 15) is 0 Å². The van der Waals surface area contributed by atoms with Gasteiger partial charge in [0.2, 0.25) is 0 Å². The van der Waals surface area contributed by atoms with E-state index in [4.69, 9.17) is 5.84 Å². The summed E-state index contributed by atoms with van der Waals surface area (Å²) < 4.78 is 0. The molecule has 1 rings (SSSR count). The van der Waals surface area contributed by atoms with Crippen molar-refractivity contribution in [3.05, 3.63) is 35.9 Å². The second-order valence-electron chi connectivity index (χ2n) is 3.95. The number of benzene rings is 1. The first-order valence-corrected chi connectivity index (χ1v) is 5.69. The van der Waals surface area contributed by atoms with Gasteiger partial charge in [-0.2, -0.15) is 0 Å². The molecule has 3 nitrogen and oxygen atoms in total. The molecule has 0 bridgehead atoms. The highest BCUT2D eigenvalue weighted by Gasteiger charge is 2.04. The Morgan fingerprint density at radius 3 is 2.81 bits per heavy atom. The lowest BCUT2D eigenvalue weighted by Crippen LogP contribution is -2.20. The van der Waals surface area contributed by atoms with Crippen LogP contribution < -0.4 is 16.6 Å². The third-order valence-electron chi connectivity index (χ3n) is 2.52. The van der Waals surface area contributed by atoms with Crippen LogP contribution in [-0.4, -0.2) is 6.54 Å². The van der Waals surface area contributed by atoms with Crippen LogP contribution >= 0.6 is 0 Å². The molecule has 0 saturated heterocycles. The Balaban J connectivity index is 2.85. The molecule has 1 aromatic rings. The van der Waals surface area contributed by atoms with Crippen molar-refractivity contribution in [1.82, 2.24) is 5.43 Å². The van der Waals surface area contributed by atoms with E-state index >= 15 is 0 Å². The minimum absolute atomic E-state index is 0.739. The maximum absolute atomic E-state index is 5.40. The number of nitrogens with two attached hydrogens (primary N) is 1. The SMILES string of the molecule is C=C(NN)c1cc(C)ccc1NCCCC. The van der Waals surface area contributed by atoms with Crippen LogP contribution in [-0.2, 0) is 0 Å². The number of rotatable bonds is 6. The standard InChI is InChI=1S/C13H21N3/c1-4-5-8-15-13-7-6-10(2)9-12(13)11(3)16-14/h6-7,9,15-16H,3-5,8,14H2,1-2H3. The van der Waals surface area contributed by atoms with Gasteiger partial charge in [-0.05, 0) is 25.5 Å². The monoisotopic (exact) mass is 219 g/mol. The topological polar surface area (TPSA) is 50.1 Å². The fraction of sp³-hybridized carbons (Fsp3) is 0.385. The van der Waals surface area contributed by atoms with Gasteiger partial charge in [0.1, 0.15) is 0 Å². The zero-order valence-corrected chi connectivity index (χ0v) is 10.1. The van der Waals surface area contributed by atoms with Gasteiger partial charge in [-0.15, -0.1) is 0 Å². The van der Waals surface area contributed by atoms with Crippen LogP contribution in [0.3, 0.4) is 0 Å². The summed E-state index contributed by atoms with van der Waals surface area (Å²) in [4.78, 5) is 0. The third kappa shape index (κ3) is 3.28. The van der Waals surface area contributed by atoms with Gasteiger partial charge in [0, 0.05) is 17.8 Å². The predicted molar refractivity (Wildman–Crippen MR) is 70.9 cm³/mol. The number of hydrogen-bond acceptors (Lipinski definition) is 3. The Labute approximate surface area is 97.7 Å². The van der Waals surface area contributed by atoms with E-state index in [1.807, 2.05) is 0 Å². The first kappa shape index (κ1) is 12.6. The molecule has 0 atom stereocenters. The molecule has 0 aliphatic carbocycles. The van der Waals surface area contributed by atoms with Gasteiger partial charge in [-0.25, -0.2) is 0 Å². The first-order valence-electron chi connectivity index (χ1n) is 5.69. The Kier molecular flexibility index (Phi) is 4.86. The van der Waals surface area contributed by atoms with Crippen LogP contribution in [0.2, 0.25) is 0 Å². The summed E-state index contributed by atoms with van der Waals surface area (Å²) in [6.07, 6.45) is 2.35. The van der Waals surface area contributed by atoms with Gasteiger partial charge in [-0.1, -0.05) is 31.6 Å². The largest absolute Gasteiger partial charge is 0.384 e. The third-order valence-corrected chi connectivity index (χ3v) is 2.52. The number of hydrazine groups is 1. The van der Waals surface area contributed by atoms with Crippen molar-refractivity contribution < 1.29 is 0 Å². The average molecular weight is 219 g/mol. The summed E-state index contributed by atoms with van der Waals surface area (Å²) in [5.74, 6) is 5.40. The smallest absolute Gasteiger partial charge is 0.0506 e. The molecule has 4 N–H and O–H groups in total. The summed E-state index contributed by atoms with van der Waals surface area (Å²) in [6.45, 7) is 9.11. The molecule has 0 aromatic heterocycles. The van der Waals surface area contributed by atoms with Crippen LogP contribution in [0, 0.1) is 6.92 Å². The molecule has 0 radical (unpaired) electrons. The second kappa shape index (κ2) is 6.18. The quantitative estimate of drug-likeness (QED) is 0.391. The molecule has 0 amide bonds. The minimum Gasteiger partial charge on any atom is -0.384 e. The zero-order valence-electron chi connectivity index (χ0n) is 10.1. The van der Waals surface area contributed by atoms with E-state index in [1.54, 1.807) is 0 Å². The Morgan fingerprint density at radius 1 is 1.44 bits per heavy atom. The van der Waals surface area contributed by atoms with Gasteiger partial charge in [0.15, 0.2) is 0 Å².